The third kappa shape index (κ3) is 4.11. The van der Waals surface area contributed by atoms with E-state index in [0.29, 0.717) is 0 Å². The van der Waals surface area contributed by atoms with Gasteiger partial charge in [0.1, 0.15) is 5.92 Å². The molecular weight excluding hydrogens is 170 g/mol. The molecule has 1 atom stereocenters. The smallest absolute Gasteiger partial charge is 0.241 e. The van der Waals surface area contributed by atoms with Crippen LogP contribution in [-0.4, -0.2) is 37.4 Å². The maximum absolute atomic E-state index is 11.0. The number of carbonyl (C=O) groups excluding carboxylic acids is 2. The summed E-state index contributed by atoms with van der Waals surface area (Å²) in [6, 6.07) is 1.78. The standard InChI is InChI=1S/C8H13N3O2/c1-6(4-9)8(13)10-5-7(12)11(2)3/h6H,5H2,1-3H3,(H,10,13). The second kappa shape index (κ2) is 5.14. The van der Waals surface area contributed by atoms with Crippen LogP contribution < -0.4 is 5.32 Å². The van der Waals surface area contributed by atoms with Crippen LogP contribution in [0.1, 0.15) is 6.92 Å². The minimum Gasteiger partial charge on any atom is -0.347 e. The molecule has 0 heterocycles. The number of amides is 2. The molecule has 0 saturated carbocycles. The lowest BCUT2D eigenvalue weighted by atomic mass is 10.2. The summed E-state index contributed by atoms with van der Waals surface area (Å²) in [6.45, 7) is 1.42. The molecule has 1 N–H and O–H groups in total. The summed E-state index contributed by atoms with van der Waals surface area (Å²) in [4.78, 5) is 23.4. The van der Waals surface area contributed by atoms with Gasteiger partial charge in [0, 0.05) is 14.1 Å². The molecule has 0 aliphatic carbocycles. The molecule has 0 spiro atoms. The van der Waals surface area contributed by atoms with Crippen LogP contribution in [0.4, 0.5) is 0 Å². The number of hydrogen-bond donors (Lipinski definition) is 1. The molecule has 72 valence electrons. The molecule has 1 unspecified atom stereocenters. The predicted octanol–water partition coefficient (Wildman–Crippen LogP) is -0.650. The van der Waals surface area contributed by atoms with Gasteiger partial charge in [0.2, 0.25) is 11.8 Å². The SMILES string of the molecule is CC(C#N)C(=O)NCC(=O)N(C)C. The highest BCUT2D eigenvalue weighted by Gasteiger charge is 2.12. The quantitative estimate of drug-likeness (QED) is 0.632. The summed E-state index contributed by atoms with van der Waals surface area (Å²) < 4.78 is 0. The molecule has 0 aliphatic rings. The van der Waals surface area contributed by atoms with Gasteiger partial charge in [-0.25, -0.2) is 0 Å². The Morgan fingerprint density at radius 1 is 1.54 bits per heavy atom. The van der Waals surface area contributed by atoms with Crippen LogP contribution in [0.15, 0.2) is 0 Å². The highest BCUT2D eigenvalue weighted by molar-refractivity contribution is 5.86. The van der Waals surface area contributed by atoms with Crippen LogP contribution >= 0.6 is 0 Å². The molecule has 0 aromatic carbocycles. The summed E-state index contributed by atoms with van der Waals surface area (Å²) in [5.74, 6) is -1.33. The minimum atomic E-state index is -0.713. The van der Waals surface area contributed by atoms with Crippen molar-refractivity contribution in [2.24, 2.45) is 5.92 Å². The molecule has 0 aliphatic heterocycles. The van der Waals surface area contributed by atoms with E-state index in [9.17, 15) is 9.59 Å². The molecule has 0 bridgehead atoms. The normalized spacial score (nSPS) is 11.2. The Morgan fingerprint density at radius 3 is 2.46 bits per heavy atom. The van der Waals surface area contributed by atoms with Crippen molar-refractivity contribution in [3.63, 3.8) is 0 Å². The summed E-state index contributed by atoms with van der Waals surface area (Å²) in [6.07, 6.45) is 0. The summed E-state index contributed by atoms with van der Waals surface area (Å²) >= 11 is 0. The fourth-order valence-corrected chi connectivity index (χ4v) is 0.533. The number of nitrogens with one attached hydrogen (secondary N) is 1. The molecule has 0 radical (unpaired) electrons. The molecule has 0 aromatic rings. The van der Waals surface area contributed by atoms with E-state index in [1.807, 2.05) is 0 Å². The lowest BCUT2D eigenvalue weighted by Crippen LogP contribution is -2.38. The zero-order chi connectivity index (χ0) is 10.4. The van der Waals surface area contributed by atoms with Crippen molar-refractivity contribution >= 4 is 11.8 Å². The first-order valence-corrected chi connectivity index (χ1v) is 3.86. The molecule has 0 saturated heterocycles. The van der Waals surface area contributed by atoms with E-state index in [1.165, 1.54) is 11.8 Å². The highest BCUT2D eigenvalue weighted by atomic mass is 16.2. The molecule has 0 fully saturated rings. The highest BCUT2D eigenvalue weighted by Crippen LogP contribution is 1.90. The zero-order valence-corrected chi connectivity index (χ0v) is 8.00. The third-order valence-electron chi connectivity index (χ3n) is 1.50. The Bertz CT molecular complexity index is 242. The number of carbonyl (C=O) groups is 2. The van der Waals surface area contributed by atoms with Crippen LogP contribution in [0.25, 0.3) is 0 Å². The van der Waals surface area contributed by atoms with Crippen molar-refractivity contribution in [2.45, 2.75) is 6.92 Å². The number of likely N-dealkylation sites (N-methyl/N-ethyl adjacent to an activating group) is 1. The number of nitrogens with zero attached hydrogens (tertiary/aromatic N) is 2. The molecular formula is C8H13N3O2. The molecule has 5 heteroatoms. The van der Waals surface area contributed by atoms with Gasteiger partial charge in [0.15, 0.2) is 0 Å². The lowest BCUT2D eigenvalue weighted by molar-refractivity contribution is -0.131. The Balaban J connectivity index is 3.85. The van der Waals surface area contributed by atoms with Gasteiger partial charge in [-0.3, -0.25) is 9.59 Å². The van der Waals surface area contributed by atoms with Gasteiger partial charge in [0.05, 0.1) is 12.6 Å². The summed E-state index contributed by atoms with van der Waals surface area (Å²) in [5.41, 5.74) is 0. The number of hydrogen-bond acceptors (Lipinski definition) is 3. The van der Waals surface area contributed by atoms with Crippen LogP contribution in [0.2, 0.25) is 0 Å². The average Bonchev–Trinajstić information content (AvgIpc) is 2.11. The van der Waals surface area contributed by atoms with Crippen LogP contribution in [0.3, 0.4) is 0 Å². The molecule has 2 amide bonds. The Kier molecular flexibility index (Phi) is 4.52. The van der Waals surface area contributed by atoms with E-state index in [-0.39, 0.29) is 12.5 Å². The summed E-state index contributed by atoms with van der Waals surface area (Å²) in [5, 5.41) is 10.7. The van der Waals surface area contributed by atoms with E-state index in [2.05, 4.69) is 5.32 Å². The maximum atomic E-state index is 11.0. The fraction of sp³-hybridized carbons (Fsp3) is 0.625. The topological polar surface area (TPSA) is 73.2 Å². The molecule has 13 heavy (non-hydrogen) atoms. The Hall–Kier alpha value is -1.57. The fourth-order valence-electron chi connectivity index (χ4n) is 0.533. The van der Waals surface area contributed by atoms with Gasteiger partial charge in [-0.05, 0) is 6.92 Å². The largest absolute Gasteiger partial charge is 0.347 e. The average molecular weight is 183 g/mol. The van der Waals surface area contributed by atoms with E-state index < -0.39 is 11.8 Å². The lowest BCUT2D eigenvalue weighted by Gasteiger charge is -2.11. The molecule has 5 nitrogen and oxygen atoms in total. The first-order chi connectivity index (χ1) is 5.99. The Morgan fingerprint density at radius 2 is 2.08 bits per heavy atom. The van der Waals surface area contributed by atoms with Crippen molar-refractivity contribution in [1.29, 1.82) is 5.26 Å². The minimum absolute atomic E-state index is 0.0577. The van der Waals surface area contributed by atoms with Crippen LogP contribution in [0, 0.1) is 17.2 Å². The van der Waals surface area contributed by atoms with Gasteiger partial charge in [-0.15, -0.1) is 0 Å². The van der Waals surface area contributed by atoms with Gasteiger partial charge < -0.3 is 10.2 Å². The number of nitriles is 1. The summed E-state index contributed by atoms with van der Waals surface area (Å²) in [7, 11) is 3.20. The Labute approximate surface area is 77.3 Å². The first kappa shape index (κ1) is 11.4. The van der Waals surface area contributed by atoms with E-state index in [1.54, 1.807) is 20.2 Å². The monoisotopic (exact) mass is 183 g/mol. The molecule has 0 aromatic heterocycles. The van der Waals surface area contributed by atoms with E-state index in [0.717, 1.165) is 0 Å². The van der Waals surface area contributed by atoms with Crippen molar-refractivity contribution in [3.05, 3.63) is 0 Å². The second-order valence-corrected chi connectivity index (χ2v) is 2.86. The van der Waals surface area contributed by atoms with E-state index in [4.69, 9.17) is 5.26 Å². The van der Waals surface area contributed by atoms with Gasteiger partial charge in [0.25, 0.3) is 0 Å². The zero-order valence-electron chi connectivity index (χ0n) is 8.00. The van der Waals surface area contributed by atoms with Crippen molar-refractivity contribution in [1.82, 2.24) is 10.2 Å². The van der Waals surface area contributed by atoms with E-state index >= 15 is 0 Å². The second-order valence-electron chi connectivity index (χ2n) is 2.86. The van der Waals surface area contributed by atoms with Gasteiger partial charge >= 0.3 is 0 Å². The first-order valence-electron chi connectivity index (χ1n) is 3.86. The third-order valence-corrected chi connectivity index (χ3v) is 1.50. The molecule has 0 rings (SSSR count). The maximum Gasteiger partial charge on any atom is 0.241 e. The van der Waals surface area contributed by atoms with Gasteiger partial charge in [-0.2, -0.15) is 5.26 Å². The van der Waals surface area contributed by atoms with Gasteiger partial charge in [-0.1, -0.05) is 0 Å². The van der Waals surface area contributed by atoms with Crippen molar-refractivity contribution in [3.8, 4) is 6.07 Å². The van der Waals surface area contributed by atoms with Crippen LogP contribution in [-0.2, 0) is 9.59 Å². The van der Waals surface area contributed by atoms with Crippen molar-refractivity contribution in [2.75, 3.05) is 20.6 Å². The van der Waals surface area contributed by atoms with Crippen LogP contribution in [0.5, 0.6) is 0 Å². The predicted molar refractivity (Wildman–Crippen MR) is 46.5 cm³/mol. The van der Waals surface area contributed by atoms with Crippen molar-refractivity contribution < 1.29 is 9.59 Å². The number of rotatable bonds is 3.